The number of unbranched alkanes of at least 4 members (excludes halogenated alkanes) is 6. The van der Waals surface area contributed by atoms with E-state index in [1.165, 1.54) is 0 Å². The summed E-state index contributed by atoms with van der Waals surface area (Å²) in [6.07, 6.45) is 7.02. The molecule has 0 atom stereocenters. The molecule has 0 aliphatic carbocycles. The molecule has 1 aromatic carbocycles. The van der Waals surface area contributed by atoms with Crippen LogP contribution in [0.1, 0.15) is 44.9 Å². The number of halogens is 1. The largest absolute Gasteiger partial charge is 0.492 e. The molecular weight excluding hydrogens is 310 g/mol. The Morgan fingerprint density at radius 3 is 2.14 bits per heavy atom. The van der Waals surface area contributed by atoms with E-state index in [9.17, 15) is 8.42 Å². The van der Waals surface area contributed by atoms with Gasteiger partial charge in [0.25, 0.3) is 0 Å². The lowest BCUT2D eigenvalue weighted by atomic mass is 10.1. The summed E-state index contributed by atoms with van der Waals surface area (Å²) in [5.41, 5.74) is 0. The van der Waals surface area contributed by atoms with Crippen molar-refractivity contribution in [2.75, 3.05) is 12.4 Å². The van der Waals surface area contributed by atoms with Crippen LogP contribution in [-0.2, 0) is 10.0 Å². The molecular formula is C15H24ClNO3S. The molecule has 0 unspecified atom stereocenters. The Hall–Kier alpha value is -0.780. The summed E-state index contributed by atoms with van der Waals surface area (Å²) in [5, 5.41) is 5.58. The summed E-state index contributed by atoms with van der Waals surface area (Å²) in [6, 6.07) is 7.47. The number of primary sulfonamides is 1. The third-order valence-electron chi connectivity index (χ3n) is 3.17. The highest BCUT2D eigenvalue weighted by Crippen LogP contribution is 2.23. The van der Waals surface area contributed by atoms with Gasteiger partial charge in [0, 0.05) is 0 Å². The average molecular weight is 334 g/mol. The van der Waals surface area contributed by atoms with Crippen LogP contribution in [0.5, 0.6) is 5.75 Å². The van der Waals surface area contributed by atoms with Crippen molar-refractivity contribution in [2.45, 2.75) is 44.9 Å². The molecule has 0 aliphatic rings. The van der Waals surface area contributed by atoms with Crippen molar-refractivity contribution in [3.05, 3.63) is 29.3 Å². The van der Waals surface area contributed by atoms with Crippen LogP contribution in [0.2, 0.25) is 5.02 Å². The molecule has 0 radical (unpaired) electrons. The second kappa shape index (κ2) is 10.0. The van der Waals surface area contributed by atoms with Gasteiger partial charge in [0.05, 0.1) is 17.4 Å². The van der Waals surface area contributed by atoms with Gasteiger partial charge in [0.1, 0.15) is 5.75 Å². The highest BCUT2D eigenvalue weighted by molar-refractivity contribution is 7.89. The van der Waals surface area contributed by atoms with Crippen LogP contribution in [0.4, 0.5) is 0 Å². The van der Waals surface area contributed by atoms with Crippen LogP contribution in [0.25, 0.3) is 0 Å². The van der Waals surface area contributed by atoms with Crippen molar-refractivity contribution in [3.8, 4) is 5.75 Å². The molecule has 0 heterocycles. The van der Waals surface area contributed by atoms with Crippen molar-refractivity contribution < 1.29 is 13.2 Å². The van der Waals surface area contributed by atoms with E-state index in [4.69, 9.17) is 21.5 Å². The zero-order chi connectivity index (χ0) is 15.6. The minimum absolute atomic E-state index is 0.0959. The van der Waals surface area contributed by atoms with Gasteiger partial charge >= 0.3 is 0 Å². The molecule has 2 N–H and O–H groups in total. The number of sulfonamides is 1. The van der Waals surface area contributed by atoms with Crippen LogP contribution < -0.4 is 9.88 Å². The lowest BCUT2D eigenvalue weighted by molar-refractivity contribution is 0.304. The van der Waals surface area contributed by atoms with Gasteiger partial charge in [0.2, 0.25) is 10.0 Å². The van der Waals surface area contributed by atoms with Gasteiger partial charge in [-0.1, -0.05) is 55.8 Å². The van der Waals surface area contributed by atoms with Crippen LogP contribution >= 0.6 is 11.6 Å². The molecule has 0 saturated carbocycles. The first-order valence-electron chi connectivity index (χ1n) is 7.37. The molecule has 0 bridgehead atoms. The number of benzene rings is 1. The zero-order valence-electron chi connectivity index (χ0n) is 12.3. The standard InChI is InChI=1S/C15H24ClNO3S/c16-14-10-6-7-11-15(14)20-12-8-4-2-1-3-5-9-13-21(17,18)19/h6-7,10-11H,1-5,8-9,12-13H2,(H2,17,18,19). The second-order valence-corrected chi connectivity index (χ2v) is 7.26. The molecule has 0 amide bonds. The maximum atomic E-state index is 10.7. The molecule has 4 nitrogen and oxygen atoms in total. The Balaban J connectivity index is 1.92. The van der Waals surface area contributed by atoms with Gasteiger partial charge < -0.3 is 4.74 Å². The van der Waals surface area contributed by atoms with E-state index >= 15 is 0 Å². The van der Waals surface area contributed by atoms with Crippen LogP contribution in [0.15, 0.2) is 24.3 Å². The Morgan fingerprint density at radius 1 is 0.952 bits per heavy atom. The summed E-state index contributed by atoms with van der Waals surface area (Å²) >= 11 is 5.99. The molecule has 120 valence electrons. The second-order valence-electron chi connectivity index (χ2n) is 5.12. The van der Waals surface area contributed by atoms with Gasteiger partial charge in [-0.2, -0.15) is 0 Å². The summed E-state index contributed by atoms with van der Waals surface area (Å²) in [7, 11) is -3.29. The number of para-hydroxylation sites is 1. The van der Waals surface area contributed by atoms with Crippen LogP contribution in [0, 0.1) is 0 Å². The fourth-order valence-electron chi connectivity index (χ4n) is 2.03. The van der Waals surface area contributed by atoms with E-state index < -0.39 is 10.0 Å². The minimum Gasteiger partial charge on any atom is -0.492 e. The summed E-state index contributed by atoms with van der Waals surface area (Å²) in [4.78, 5) is 0. The van der Waals surface area contributed by atoms with E-state index in [2.05, 4.69) is 0 Å². The molecule has 0 aliphatic heterocycles. The maximum absolute atomic E-state index is 10.7. The quantitative estimate of drug-likeness (QED) is 0.627. The van der Waals surface area contributed by atoms with E-state index in [0.717, 1.165) is 44.3 Å². The maximum Gasteiger partial charge on any atom is 0.209 e. The molecule has 0 aromatic heterocycles. The van der Waals surface area contributed by atoms with Gasteiger partial charge in [-0.15, -0.1) is 0 Å². The summed E-state index contributed by atoms with van der Waals surface area (Å²) < 4.78 is 27.1. The van der Waals surface area contributed by atoms with Crippen molar-refractivity contribution in [3.63, 3.8) is 0 Å². The fraction of sp³-hybridized carbons (Fsp3) is 0.600. The first-order chi connectivity index (χ1) is 9.99. The molecule has 1 aromatic rings. The smallest absolute Gasteiger partial charge is 0.209 e. The third-order valence-corrected chi connectivity index (χ3v) is 4.34. The number of hydrogen-bond donors (Lipinski definition) is 1. The first-order valence-corrected chi connectivity index (χ1v) is 9.46. The van der Waals surface area contributed by atoms with Crippen molar-refractivity contribution >= 4 is 21.6 Å². The third kappa shape index (κ3) is 9.72. The number of ether oxygens (including phenoxy) is 1. The molecule has 0 fully saturated rings. The Morgan fingerprint density at radius 2 is 1.52 bits per heavy atom. The molecule has 1 rings (SSSR count). The first kappa shape index (κ1) is 18.3. The lowest BCUT2D eigenvalue weighted by Gasteiger charge is -2.07. The van der Waals surface area contributed by atoms with Gasteiger partial charge in [0.15, 0.2) is 0 Å². The van der Waals surface area contributed by atoms with Crippen LogP contribution in [-0.4, -0.2) is 20.8 Å². The van der Waals surface area contributed by atoms with E-state index in [0.29, 0.717) is 18.1 Å². The van der Waals surface area contributed by atoms with Crippen molar-refractivity contribution in [1.82, 2.24) is 0 Å². The minimum atomic E-state index is -3.29. The molecule has 0 spiro atoms. The molecule has 0 saturated heterocycles. The number of hydrogen-bond acceptors (Lipinski definition) is 3. The molecule has 21 heavy (non-hydrogen) atoms. The topological polar surface area (TPSA) is 69.4 Å². The highest BCUT2D eigenvalue weighted by atomic mass is 35.5. The predicted molar refractivity (Wildman–Crippen MR) is 87.2 cm³/mol. The van der Waals surface area contributed by atoms with E-state index in [-0.39, 0.29) is 5.75 Å². The summed E-state index contributed by atoms with van der Waals surface area (Å²) in [6.45, 7) is 0.676. The SMILES string of the molecule is NS(=O)(=O)CCCCCCCCCOc1ccccc1Cl. The van der Waals surface area contributed by atoms with E-state index in [1.54, 1.807) is 0 Å². The highest BCUT2D eigenvalue weighted by Gasteiger charge is 2.01. The van der Waals surface area contributed by atoms with Gasteiger partial charge in [-0.05, 0) is 25.0 Å². The fourth-order valence-corrected chi connectivity index (χ4v) is 2.83. The van der Waals surface area contributed by atoms with Gasteiger partial charge in [-0.3, -0.25) is 0 Å². The average Bonchev–Trinajstić information content (AvgIpc) is 2.41. The number of rotatable bonds is 11. The van der Waals surface area contributed by atoms with E-state index in [1.807, 2.05) is 24.3 Å². The molecule has 6 heteroatoms. The monoisotopic (exact) mass is 333 g/mol. The lowest BCUT2D eigenvalue weighted by Crippen LogP contribution is -2.16. The number of nitrogens with two attached hydrogens (primary N) is 1. The van der Waals surface area contributed by atoms with Gasteiger partial charge in [-0.25, -0.2) is 13.6 Å². The predicted octanol–water partition coefficient (Wildman–Crippen LogP) is 3.74. The Labute approximate surface area is 132 Å². The summed E-state index contributed by atoms with van der Waals surface area (Å²) in [5.74, 6) is 0.834. The normalized spacial score (nSPS) is 11.5. The Bertz CT molecular complexity index is 505. The zero-order valence-corrected chi connectivity index (χ0v) is 13.8. The Kier molecular flexibility index (Phi) is 8.73. The van der Waals surface area contributed by atoms with Crippen molar-refractivity contribution in [1.29, 1.82) is 0 Å². The van der Waals surface area contributed by atoms with Crippen molar-refractivity contribution in [2.24, 2.45) is 5.14 Å². The van der Waals surface area contributed by atoms with Crippen LogP contribution in [0.3, 0.4) is 0 Å².